The molecular formula is C18H18ClN5O3. The summed E-state index contributed by atoms with van der Waals surface area (Å²) in [5.74, 6) is -0.922. The Bertz CT molecular complexity index is 979. The van der Waals surface area contributed by atoms with E-state index < -0.39 is 5.97 Å². The maximum atomic E-state index is 12.2. The van der Waals surface area contributed by atoms with Gasteiger partial charge < -0.3 is 10.4 Å². The molecule has 0 saturated carbocycles. The van der Waals surface area contributed by atoms with Gasteiger partial charge in [-0.1, -0.05) is 29.8 Å². The van der Waals surface area contributed by atoms with Gasteiger partial charge in [0.1, 0.15) is 5.69 Å². The Morgan fingerprint density at radius 3 is 2.74 bits per heavy atom. The fourth-order valence-electron chi connectivity index (χ4n) is 2.62. The number of nitrogens with zero attached hydrogens (tertiary/aromatic N) is 4. The zero-order valence-electron chi connectivity index (χ0n) is 14.6. The lowest BCUT2D eigenvalue weighted by molar-refractivity contribution is -0.116. The summed E-state index contributed by atoms with van der Waals surface area (Å²) >= 11 is 6.18. The van der Waals surface area contributed by atoms with Crippen molar-refractivity contribution in [3.63, 3.8) is 0 Å². The van der Waals surface area contributed by atoms with E-state index in [1.807, 2.05) is 31.2 Å². The van der Waals surface area contributed by atoms with Gasteiger partial charge in [-0.2, -0.15) is 10.2 Å². The largest absolute Gasteiger partial charge is 0.477 e. The van der Waals surface area contributed by atoms with Crippen molar-refractivity contribution in [1.29, 1.82) is 0 Å². The van der Waals surface area contributed by atoms with Gasteiger partial charge in [-0.15, -0.1) is 0 Å². The number of nitrogens with one attached hydrogen (secondary N) is 1. The second kappa shape index (κ2) is 8.05. The van der Waals surface area contributed by atoms with E-state index in [-0.39, 0.29) is 24.6 Å². The Labute approximate surface area is 160 Å². The number of anilines is 1. The normalized spacial score (nSPS) is 10.7. The maximum Gasteiger partial charge on any atom is 0.354 e. The highest BCUT2D eigenvalue weighted by Gasteiger charge is 2.13. The summed E-state index contributed by atoms with van der Waals surface area (Å²) in [7, 11) is 0. The molecule has 2 N–H and O–H groups in total. The molecule has 0 spiro atoms. The fourth-order valence-corrected chi connectivity index (χ4v) is 2.82. The van der Waals surface area contributed by atoms with Crippen molar-refractivity contribution in [1.82, 2.24) is 19.6 Å². The van der Waals surface area contributed by atoms with Crippen LogP contribution in [0.5, 0.6) is 0 Å². The monoisotopic (exact) mass is 387 g/mol. The molecule has 8 nitrogen and oxygen atoms in total. The molecule has 3 aromatic rings. The average Bonchev–Trinajstić information content (AvgIpc) is 3.22. The molecule has 140 valence electrons. The number of aromatic nitrogens is 4. The van der Waals surface area contributed by atoms with E-state index in [1.165, 1.54) is 16.9 Å². The Morgan fingerprint density at radius 2 is 2.00 bits per heavy atom. The Kier molecular flexibility index (Phi) is 5.56. The summed E-state index contributed by atoms with van der Waals surface area (Å²) in [5, 5.41) is 20.7. The molecule has 0 bridgehead atoms. The minimum atomic E-state index is -1.08. The molecule has 0 aliphatic rings. The van der Waals surface area contributed by atoms with Gasteiger partial charge in [0.05, 0.1) is 13.1 Å². The maximum absolute atomic E-state index is 12.2. The first kappa shape index (κ1) is 18.7. The molecule has 0 atom stereocenters. The van der Waals surface area contributed by atoms with Crippen LogP contribution < -0.4 is 5.32 Å². The van der Waals surface area contributed by atoms with Crippen LogP contribution in [-0.2, 0) is 17.9 Å². The third kappa shape index (κ3) is 4.53. The zero-order valence-corrected chi connectivity index (χ0v) is 15.3. The average molecular weight is 388 g/mol. The van der Waals surface area contributed by atoms with Crippen LogP contribution in [0.15, 0.2) is 42.6 Å². The van der Waals surface area contributed by atoms with E-state index in [4.69, 9.17) is 16.7 Å². The van der Waals surface area contributed by atoms with Gasteiger partial charge in [0.2, 0.25) is 5.91 Å². The van der Waals surface area contributed by atoms with Gasteiger partial charge in [0.25, 0.3) is 0 Å². The number of hydrogen-bond acceptors (Lipinski definition) is 4. The molecule has 0 aliphatic carbocycles. The lowest BCUT2D eigenvalue weighted by atomic mass is 10.2. The highest BCUT2D eigenvalue weighted by Crippen LogP contribution is 2.18. The summed E-state index contributed by atoms with van der Waals surface area (Å²) in [6, 6.07) is 10.7. The molecule has 0 saturated heterocycles. The summed E-state index contributed by atoms with van der Waals surface area (Å²) in [6.45, 7) is 2.55. The number of amides is 1. The molecular weight excluding hydrogens is 370 g/mol. The predicted molar refractivity (Wildman–Crippen MR) is 100.0 cm³/mol. The van der Waals surface area contributed by atoms with Crippen molar-refractivity contribution in [2.45, 2.75) is 26.4 Å². The van der Waals surface area contributed by atoms with Crippen LogP contribution in [0.2, 0.25) is 5.02 Å². The molecule has 27 heavy (non-hydrogen) atoms. The number of rotatable bonds is 7. The smallest absolute Gasteiger partial charge is 0.354 e. The lowest BCUT2D eigenvalue weighted by Gasteiger charge is -2.06. The minimum absolute atomic E-state index is 0.0441. The van der Waals surface area contributed by atoms with E-state index in [1.54, 1.807) is 10.7 Å². The van der Waals surface area contributed by atoms with Gasteiger partial charge in [-0.25, -0.2) is 4.79 Å². The minimum Gasteiger partial charge on any atom is -0.477 e. The molecule has 0 aliphatic heterocycles. The van der Waals surface area contributed by atoms with Crippen molar-refractivity contribution in [2.75, 3.05) is 5.32 Å². The third-order valence-corrected chi connectivity index (χ3v) is 4.38. The molecule has 0 fully saturated rings. The van der Waals surface area contributed by atoms with Crippen molar-refractivity contribution in [3.05, 3.63) is 64.6 Å². The summed E-state index contributed by atoms with van der Waals surface area (Å²) in [4.78, 5) is 23.2. The van der Waals surface area contributed by atoms with Crippen molar-refractivity contribution >= 4 is 29.3 Å². The molecule has 2 aromatic heterocycles. The highest BCUT2D eigenvalue weighted by molar-refractivity contribution is 6.31. The molecule has 1 aromatic carbocycles. The van der Waals surface area contributed by atoms with Crippen molar-refractivity contribution in [3.8, 4) is 0 Å². The Hall–Kier alpha value is -3.13. The number of carboxylic acid groups (broad SMARTS) is 1. The van der Waals surface area contributed by atoms with Gasteiger partial charge >= 0.3 is 5.97 Å². The van der Waals surface area contributed by atoms with E-state index in [2.05, 4.69) is 15.5 Å². The first-order valence-corrected chi connectivity index (χ1v) is 8.64. The van der Waals surface area contributed by atoms with Crippen LogP contribution in [0.25, 0.3) is 0 Å². The number of hydrogen-bond donors (Lipinski definition) is 2. The molecule has 0 unspecified atom stereocenters. The van der Waals surface area contributed by atoms with E-state index >= 15 is 0 Å². The number of aryl methyl sites for hydroxylation is 2. The number of carbonyl (C=O) groups is 2. The van der Waals surface area contributed by atoms with Crippen LogP contribution >= 0.6 is 11.6 Å². The Morgan fingerprint density at radius 1 is 1.22 bits per heavy atom. The number of benzene rings is 1. The topological polar surface area (TPSA) is 102 Å². The summed E-state index contributed by atoms with van der Waals surface area (Å²) < 4.78 is 3.04. The molecule has 0 radical (unpaired) electrons. The molecule has 1 amide bonds. The molecule has 2 heterocycles. The standard InChI is InChI=1S/C18H18ClN5O3/c1-12-10-16(22-24(12)11-13-4-2-3-5-14(13)19)21-17(25)7-9-23-15(18(26)27)6-8-20-23/h2-6,8,10H,7,9,11H2,1H3,(H,26,27)(H,21,22,25). The van der Waals surface area contributed by atoms with Crippen LogP contribution in [0.1, 0.15) is 28.2 Å². The Balaban J connectivity index is 1.61. The zero-order chi connectivity index (χ0) is 19.4. The van der Waals surface area contributed by atoms with Crippen LogP contribution in [0, 0.1) is 6.92 Å². The van der Waals surface area contributed by atoms with E-state index in [0.717, 1.165) is 11.3 Å². The second-order valence-corrected chi connectivity index (χ2v) is 6.37. The van der Waals surface area contributed by atoms with Crippen molar-refractivity contribution in [2.24, 2.45) is 0 Å². The number of halogens is 1. The van der Waals surface area contributed by atoms with Crippen LogP contribution in [-0.4, -0.2) is 36.5 Å². The number of carboxylic acids is 1. The molecule has 9 heteroatoms. The predicted octanol–water partition coefficient (Wildman–Crippen LogP) is 2.82. The van der Waals surface area contributed by atoms with Crippen LogP contribution in [0.3, 0.4) is 0 Å². The van der Waals surface area contributed by atoms with Gasteiger partial charge in [0, 0.05) is 29.4 Å². The first-order valence-electron chi connectivity index (χ1n) is 8.27. The first-order chi connectivity index (χ1) is 12.9. The summed E-state index contributed by atoms with van der Waals surface area (Å²) in [6.07, 6.45) is 1.47. The van der Waals surface area contributed by atoms with E-state index in [9.17, 15) is 9.59 Å². The quantitative estimate of drug-likeness (QED) is 0.649. The third-order valence-electron chi connectivity index (χ3n) is 4.01. The van der Waals surface area contributed by atoms with Crippen molar-refractivity contribution < 1.29 is 14.7 Å². The van der Waals surface area contributed by atoms with Gasteiger partial charge in [-0.05, 0) is 24.6 Å². The molecule has 3 rings (SSSR count). The van der Waals surface area contributed by atoms with Crippen LogP contribution in [0.4, 0.5) is 5.82 Å². The second-order valence-electron chi connectivity index (χ2n) is 5.96. The van der Waals surface area contributed by atoms with Gasteiger partial charge in [-0.3, -0.25) is 14.2 Å². The van der Waals surface area contributed by atoms with E-state index in [0.29, 0.717) is 17.4 Å². The SMILES string of the molecule is Cc1cc(NC(=O)CCn2nccc2C(=O)O)nn1Cc1ccccc1Cl. The number of carbonyl (C=O) groups excluding carboxylic acids is 1. The fraction of sp³-hybridized carbons (Fsp3) is 0.222. The lowest BCUT2D eigenvalue weighted by Crippen LogP contribution is -2.17. The summed E-state index contributed by atoms with van der Waals surface area (Å²) in [5.41, 5.74) is 1.86. The number of aromatic carboxylic acids is 1. The highest BCUT2D eigenvalue weighted by atomic mass is 35.5. The van der Waals surface area contributed by atoms with Gasteiger partial charge in [0.15, 0.2) is 5.82 Å².